The Labute approximate surface area is 177 Å². The normalized spacial score (nSPS) is 14.6. The number of aromatic nitrogens is 4. The zero-order valence-corrected chi connectivity index (χ0v) is 16.9. The minimum absolute atomic E-state index is 0.103. The van der Waals surface area contributed by atoms with Crippen LogP contribution < -0.4 is 0 Å². The minimum Gasteiger partial charge on any atom is -0.342 e. The summed E-state index contributed by atoms with van der Waals surface area (Å²) in [5, 5.41) is 22.2. The predicted octanol–water partition coefficient (Wildman–Crippen LogP) is 2.90. The molecule has 4 rings (SSSR count). The van der Waals surface area contributed by atoms with Crippen LogP contribution in [0.2, 0.25) is 0 Å². The first-order valence-electron chi connectivity index (χ1n) is 9.60. The van der Waals surface area contributed by atoms with Gasteiger partial charge in [0, 0.05) is 35.4 Å². The van der Waals surface area contributed by atoms with E-state index < -0.39 is 4.92 Å². The molecule has 30 heavy (non-hydrogen) atoms. The third kappa shape index (κ3) is 4.82. The zero-order valence-electron chi connectivity index (χ0n) is 16.1. The van der Waals surface area contributed by atoms with Gasteiger partial charge < -0.3 is 4.90 Å². The van der Waals surface area contributed by atoms with Crippen molar-refractivity contribution >= 4 is 23.4 Å². The lowest BCUT2D eigenvalue weighted by Gasteiger charge is -2.31. The molecule has 0 saturated carbocycles. The fourth-order valence-electron chi connectivity index (χ4n) is 3.39. The number of tetrazole rings is 1. The molecule has 1 fully saturated rings. The number of benzene rings is 2. The molecule has 1 amide bonds. The van der Waals surface area contributed by atoms with Crippen LogP contribution in [-0.4, -0.2) is 54.3 Å². The maximum atomic E-state index is 12.7. The Kier molecular flexibility index (Phi) is 6.03. The first-order valence-corrected chi connectivity index (χ1v) is 10.5. The Morgan fingerprint density at radius 1 is 1.10 bits per heavy atom. The molecule has 2 heterocycles. The molecule has 0 bridgehead atoms. The predicted molar refractivity (Wildman–Crippen MR) is 111 cm³/mol. The average Bonchev–Trinajstić information content (AvgIpc) is 3.30. The third-order valence-corrected chi connectivity index (χ3v) is 6.40. The Bertz CT molecular complexity index is 1000. The highest BCUT2D eigenvalue weighted by Gasteiger charge is 2.23. The molecule has 3 aromatic rings. The van der Waals surface area contributed by atoms with Crippen LogP contribution in [0.5, 0.6) is 0 Å². The lowest BCUT2D eigenvalue weighted by molar-refractivity contribution is -0.384. The van der Waals surface area contributed by atoms with Crippen LogP contribution in [0.1, 0.15) is 18.4 Å². The van der Waals surface area contributed by atoms with E-state index in [2.05, 4.69) is 15.5 Å². The van der Waals surface area contributed by atoms with Gasteiger partial charge in [0.2, 0.25) is 5.91 Å². The number of nitrogens with zero attached hydrogens (tertiary/aromatic N) is 6. The van der Waals surface area contributed by atoms with E-state index in [1.54, 1.807) is 28.6 Å². The van der Waals surface area contributed by atoms with Gasteiger partial charge in [-0.1, -0.05) is 12.1 Å². The number of amides is 1. The number of hydrogen-bond donors (Lipinski definition) is 0. The third-order valence-electron chi connectivity index (χ3n) is 5.05. The second-order valence-electron chi connectivity index (χ2n) is 7.05. The molecule has 1 saturated heterocycles. The van der Waals surface area contributed by atoms with E-state index in [1.165, 1.54) is 18.5 Å². The fraction of sp³-hybridized carbons (Fsp3) is 0.300. The van der Waals surface area contributed by atoms with E-state index in [1.807, 2.05) is 29.2 Å². The van der Waals surface area contributed by atoms with Crippen LogP contribution in [0, 0.1) is 10.1 Å². The minimum atomic E-state index is -0.391. The highest BCUT2D eigenvalue weighted by atomic mass is 32.2. The smallest absolute Gasteiger partial charge is 0.269 e. The summed E-state index contributed by atoms with van der Waals surface area (Å²) in [5.74, 6) is 0.129. The van der Waals surface area contributed by atoms with Crippen molar-refractivity contribution in [2.45, 2.75) is 29.4 Å². The monoisotopic (exact) mass is 424 g/mol. The molecule has 0 atom stereocenters. The van der Waals surface area contributed by atoms with E-state index in [0.29, 0.717) is 11.7 Å². The van der Waals surface area contributed by atoms with E-state index in [-0.39, 0.29) is 11.6 Å². The number of carbonyl (C=O) groups is 1. The van der Waals surface area contributed by atoms with Crippen molar-refractivity contribution in [1.82, 2.24) is 25.1 Å². The van der Waals surface area contributed by atoms with Crippen molar-refractivity contribution in [2.75, 3.05) is 13.1 Å². The number of likely N-dealkylation sites (tertiary alicyclic amines) is 1. The maximum absolute atomic E-state index is 12.7. The van der Waals surface area contributed by atoms with E-state index in [9.17, 15) is 14.9 Å². The van der Waals surface area contributed by atoms with Gasteiger partial charge in [-0.15, -0.1) is 16.9 Å². The Balaban J connectivity index is 1.26. The van der Waals surface area contributed by atoms with Gasteiger partial charge in [-0.25, -0.2) is 4.68 Å². The quantitative estimate of drug-likeness (QED) is 0.442. The molecule has 1 aromatic heterocycles. The van der Waals surface area contributed by atoms with Crippen LogP contribution in [0.3, 0.4) is 0 Å². The van der Waals surface area contributed by atoms with Gasteiger partial charge in [0.1, 0.15) is 6.33 Å². The van der Waals surface area contributed by atoms with Gasteiger partial charge in [-0.2, -0.15) is 0 Å². The summed E-state index contributed by atoms with van der Waals surface area (Å²) in [7, 11) is 0. The average molecular weight is 424 g/mol. The summed E-state index contributed by atoms with van der Waals surface area (Å²) in [6.07, 6.45) is 3.71. The first kappa shape index (κ1) is 20.0. The molecule has 0 unspecified atom stereocenters. The van der Waals surface area contributed by atoms with Gasteiger partial charge in [0.25, 0.3) is 5.69 Å². The van der Waals surface area contributed by atoms with E-state index >= 15 is 0 Å². The lowest BCUT2D eigenvalue weighted by atomic mass is 10.1. The number of thioether (sulfide) groups is 1. The van der Waals surface area contributed by atoms with Gasteiger partial charge in [-0.3, -0.25) is 14.9 Å². The zero-order chi connectivity index (χ0) is 20.9. The van der Waals surface area contributed by atoms with Gasteiger partial charge in [0.05, 0.1) is 17.0 Å². The molecule has 10 heteroatoms. The Morgan fingerprint density at radius 2 is 1.80 bits per heavy atom. The summed E-state index contributed by atoms with van der Waals surface area (Å²) >= 11 is 1.72. The number of nitro groups is 1. The van der Waals surface area contributed by atoms with Crippen molar-refractivity contribution in [3.05, 3.63) is 70.5 Å². The molecule has 1 aliphatic heterocycles. The maximum Gasteiger partial charge on any atom is 0.269 e. The number of non-ortho nitro benzene ring substituents is 1. The molecule has 1 aliphatic rings. The molecular formula is C20H20N6O3S. The fourth-order valence-corrected chi connectivity index (χ4v) is 4.52. The molecule has 154 valence electrons. The summed E-state index contributed by atoms with van der Waals surface area (Å²) in [6, 6.07) is 14.3. The largest absolute Gasteiger partial charge is 0.342 e. The van der Waals surface area contributed by atoms with Crippen LogP contribution in [0.4, 0.5) is 5.69 Å². The van der Waals surface area contributed by atoms with Crippen molar-refractivity contribution < 1.29 is 9.72 Å². The highest BCUT2D eigenvalue weighted by molar-refractivity contribution is 8.00. The van der Waals surface area contributed by atoms with Crippen LogP contribution >= 0.6 is 11.8 Å². The lowest BCUT2D eigenvalue weighted by Crippen LogP contribution is -2.40. The summed E-state index contributed by atoms with van der Waals surface area (Å²) in [5.41, 5.74) is 1.91. The van der Waals surface area contributed by atoms with Crippen LogP contribution in [0.25, 0.3) is 5.69 Å². The number of nitro benzene ring substituents is 1. The molecule has 2 aromatic carbocycles. The van der Waals surface area contributed by atoms with E-state index in [0.717, 1.165) is 42.1 Å². The summed E-state index contributed by atoms with van der Waals surface area (Å²) < 4.78 is 1.57. The Morgan fingerprint density at radius 3 is 2.40 bits per heavy atom. The van der Waals surface area contributed by atoms with Crippen LogP contribution in [0.15, 0.2) is 59.8 Å². The topological polar surface area (TPSA) is 107 Å². The van der Waals surface area contributed by atoms with Crippen LogP contribution in [-0.2, 0) is 11.2 Å². The van der Waals surface area contributed by atoms with Crippen molar-refractivity contribution in [3.8, 4) is 5.69 Å². The number of hydrogen-bond acceptors (Lipinski definition) is 7. The number of piperidine rings is 1. The van der Waals surface area contributed by atoms with Crippen molar-refractivity contribution in [1.29, 1.82) is 0 Å². The Hall–Kier alpha value is -3.27. The molecule has 0 aliphatic carbocycles. The highest BCUT2D eigenvalue weighted by Crippen LogP contribution is 2.31. The molecule has 0 N–H and O–H groups in total. The molecular weight excluding hydrogens is 404 g/mol. The van der Waals surface area contributed by atoms with Gasteiger partial charge in [-0.05, 0) is 53.1 Å². The molecule has 9 nitrogen and oxygen atoms in total. The van der Waals surface area contributed by atoms with Gasteiger partial charge in [0.15, 0.2) is 0 Å². The summed E-state index contributed by atoms with van der Waals surface area (Å²) in [6.45, 7) is 1.46. The van der Waals surface area contributed by atoms with Crippen molar-refractivity contribution in [3.63, 3.8) is 0 Å². The SMILES string of the molecule is O=C(Cc1ccc(-n2cnnn2)cc1)N1CCC(Sc2ccc([N+](=O)[O-])cc2)CC1. The summed E-state index contributed by atoms with van der Waals surface area (Å²) in [4.78, 5) is 26.0. The molecule has 0 radical (unpaired) electrons. The second kappa shape index (κ2) is 9.04. The number of carbonyl (C=O) groups excluding carboxylic acids is 1. The second-order valence-corrected chi connectivity index (χ2v) is 8.42. The first-order chi connectivity index (χ1) is 14.6. The van der Waals surface area contributed by atoms with Crippen molar-refractivity contribution in [2.24, 2.45) is 0 Å². The van der Waals surface area contributed by atoms with E-state index in [4.69, 9.17) is 0 Å². The number of rotatable bonds is 6. The molecule has 0 spiro atoms. The van der Waals surface area contributed by atoms with Gasteiger partial charge >= 0.3 is 0 Å². The standard InChI is InChI=1S/C20H20N6O3S/c27-20(13-15-1-3-16(4-2-15)25-14-21-22-23-25)24-11-9-19(10-12-24)30-18-7-5-17(6-8-18)26(28)29/h1-8,14,19H,9-13H2.